The number of ether oxygens (including phenoxy) is 2. The number of hydrogen-bond acceptors (Lipinski definition) is 3. The number of benzene rings is 1. The van der Waals surface area contributed by atoms with Gasteiger partial charge in [-0.05, 0) is 31.4 Å². The van der Waals surface area contributed by atoms with Crippen molar-refractivity contribution in [2.24, 2.45) is 0 Å². The Kier molecular flexibility index (Phi) is 6.07. The van der Waals surface area contributed by atoms with Crippen molar-refractivity contribution in [2.45, 2.75) is 26.2 Å². The lowest BCUT2D eigenvalue weighted by molar-refractivity contribution is -0.141. The SMILES string of the molecule is CC(=O)OCCCCCOc1ccccc1. The van der Waals surface area contributed by atoms with Gasteiger partial charge in [-0.2, -0.15) is 0 Å². The summed E-state index contributed by atoms with van der Waals surface area (Å²) in [6.45, 7) is 2.66. The molecule has 0 saturated heterocycles. The van der Waals surface area contributed by atoms with Gasteiger partial charge in [0.1, 0.15) is 5.75 Å². The molecule has 3 heteroatoms. The molecule has 0 spiro atoms. The maximum Gasteiger partial charge on any atom is 0.302 e. The Morgan fingerprint density at radius 1 is 1.06 bits per heavy atom. The topological polar surface area (TPSA) is 35.5 Å². The lowest BCUT2D eigenvalue weighted by Crippen LogP contribution is -2.02. The molecule has 0 radical (unpaired) electrons. The molecule has 0 fully saturated rings. The molecule has 0 N–H and O–H groups in total. The summed E-state index contributed by atoms with van der Waals surface area (Å²) in [6.07, 6.45) is 2.90. The summed E-state index contributed by atoms with van der Waals surface area (Å²) in [5.74, 6) is 0.697. The Balaban J connectivity index is 1.94. The summed E-state index contributed by atoms with van der Waals surface area (Å²) in [5.41, 5.74) is 0. The smallest absolute Gasteiger partial charge is 0.302 e. The number of unbranched alkanes of at least 4 members (excludes halogenated alkanes) is 2. The summed E-state index contributed by atoms with van der Waals surface area (Å²) in [6, 6.07) is 9.76. The van der Waals surface area contributed by atoms with Crippen LogP contribution in [0, 0.1) is 0 Å². The standard InChI is InChI=1S/C13H18O3/c1-12(14)15-10-6-3-7-11-16-13-8-4-2-5-9-13/h2,4-5,8-9H,3,6-7,10-11H2,1H3. The highest BCUT2D eigenvalue weighted by molar-refractivity contribution is 5.65. The first-order valence-corrected chi connectivity index (χ1v) is 5.60. The van der Waals surface area contributed by atoms with Gasteiger partial charge in [0.05, 0.1) is 13.2 Å². The monoisotopic (exact) mass is 222 g/mol. The van der Waals surface area contributed by atoms with Crippen molar-refractivity contribution >= 4 is 5.97 Å². The van der Waals surface area contributed by atoms with Gasteiger partial charge in [0.2, 0.25) is 0 Å². The highest BCUT2D eigenvalue weighted by Crippen LogP contribution is 2.09. The molecule has 0 aliphatic rings. The van der Waals surface area contributed by atoms with Crippen LogP contribution in [-0.2, 0) is 9.53 Å². The average Bonchev–Trinajstić information content (AvgIpc) is 2.29. The van der Waals surface area contributed by atoms with Gasteiger partial charge in [0.25, 0.3) is 0 Å². The molecule has 0 aliphatic carbocycles. The van der Waals surface area contributed by atoms with E-state index in [1.165, 1.54) is 6.92 Å². The summed E-state index contributed by atoms with van der Waals surface area (Å²) in [4.78, 5) is 10.5. The van der Waals surface area contributed by atoms with Crippen LogP contribution >= 0.6 is 0 Å². The van der Waals surface area contributed by atoms with Crippen LogP contribution in [-0.4, -0.2) is 19.2 Å². The number of esters is 1. The molecule has 0 saturated carbocycles. The molecular weight excluding hydrogens is 204 g/mol. The van der Waals surface area contributed by atoms with Gasteiger partial charge in [0.15, 0.2) is 0 Å². The van der Waals surface area contributed by atoms with E-state index in [0.29, 0.717) is 13.2 Å². The second-order valence-corrected chi connectivity index (χ2v) is 3.56. The van der Waals surface area contributed by atoms with Gasteiger partial charge in [-0.1, -0.05) is 18.2 Å². The molecule has 1 rings (SSSR count). The van der Waals surface area contributed by atoms with Crippen LogP contribution in [0.4, 0.5) is 0 Å². The Labute approximate surface area is 96.4 Å². The highest BCUT2D eigenvalue weighted by atomic mass is 16.5. The highest BCUT2D eigenvalue weighted by Gasteiger charge is 1.94. The number of hydrogen-bond donors (Lipinski definition) is 0. The predicted octanol–water partition coefficient (Wildman–Crippen LogP) is 2.80. The maximum absolute atomic E-state index is 10.5. The van der Waals surface area contributed by atoms with Crippen LogP contribution in [0.25, 0.3) is 0 Å². The van der Waals surface area contributed by atoms with Crippen molar-refractivity contribution in [1.29, 1.82) is 0 Å². The Morgan fingerprint density at radius 2 is 1.75 bits per heavy atom. The van der Waals surface area contributed by atoms with Crippen LogP contribution in [0.3, 0.4) is 0 Å². The summed E-state index contributed by atoms with van der Waals surface area (Å²) < 4.78 is 10.4. The van der Waals surface area contributed by atoms with Gasteiger partial charge in [-0.25, -0.2) is 0 Å². The van der Waals surface area contributed by atoms with E-state index in [9.17, 15) is 4.79 Å². The maximum atomic E-state index is 10.5. The average molecular weight is 222 g/mol. The lowest BCUT2D eigenvalue weighted by atomic mass is 10.2. The minimum Gasteiger partial charge on any atom is -0.494 e. The summed E-state index contributed by atoms with van der Waals surface area (Å²) >= 11 is 0. The van der Waals surface area contributed by atoms with Crippen LogP contribution in [0.5, 0.6) is 5.75 Å². The van der Waals surface area contributed by atoms with E-state index >= 15 is 0 Å². The van der Waals surface area contributed by atoms with Gasteiger partial charge in [0, 0.05) is 6.92 Å². The number of carbonyl (C=O) groups is 1. The molecule has 0 amide bonds. The van der Waals surface area contributed by atoms with Gasteiger partial charge in [-0.15, -0.1) is 0 Å². The van der Waals surface area contributed by atoms with Crippen LogP contribution in [0.1, 0.15) is 26.2 Å². The first kappa shape index (κ1) is 12.6. The van der Waals surface area contributed by atoms with Crippen molar-refractivity contribution < 1.29 is 14.3 Å². The summed E-state index contributed by atoms with van der Waals surface area (Å²) in [5, 5.41) is 0. The molecule has 0 aliphatic heterocycles. The zero-order valence-corrected chi connectivity index (χ0v) is 9.65. The van der Waals surface area contributed by atoms with Crippen molar-refractivity contribution in [2.75, 3.05) is 13.2 Å². The van der Waals surface area contributed by atoms with E-state index in [1.54, 1.807) is 0 Å². The fourth-order valence-corrected chi connectivity index (χ4v) is 1.30. The molecular formula is C13H18O3. The molecule has 0 aromatic heterocycles. The first-order chi connectivity index (χ1) is 7.79. The number of para-hydroxylation sites is 1. The quantitative estimate of drug-likeness (QED) is 0.525. The third kappa shape index (κ3) is 6.06. The molecule has 0 bridgehead atoms. The zero-order valence-electron chi connectivity index (χ0n) is 9.65. The molecule has 0 unspecified atom stereocenters. The van der Waals surface area contributed by atoms with Crippen molar-refractivity contribution in [3.05, 3.63) is 30.3 Å². The molecule has 0 atom stereocenters. The first-order valence-electron chi connectivity index (χ1n) is 5.60. The molecule has 1 aromatic rings. The van der Waals surface area contributed by atoms with Crippen molar-refractivity contribution in [1.82, 2.24) is 0 Å². The third-order valence-corrected chi connectivity index (χ3v) is 2.11. The van der Waals surface area contributed by atoms with Gasteiger partial charge in [-0.3, -0.25) is 4.79 Å². The third-order valence-electron chi connectivity index (χ3n) is 2.11. The molecule has 88 valence electrons. The van der Waals surface area contributed by atoms with E-state index in [-0.39, 0.29) is 5.97 Å². The second-order valence-electron chi connectivity index (χ2n) is 3.56. The van der Waals surface area contributed by atoms with E-state index < -0.39 is 0 Å². The zero-order chi connectivity index (χ0) is 11.6. The van der Waals surface area contributed by atoms with Gasteiger partial charge >= 0.3 is 5.97 Å². The molecule has 16 heavy (non-hydrogen) atoms. The van der Waals surface area contributed by atoms with Crippen LogP contribution in [0.2, 0.25) is 0 Å². The minimum atomic E-state index is -0.208. The van der Waals surface area contributed by atoms with Crippen LogP contribution < -0.4 is 4.74 Å². The van der Waals surface area contributed by atoms with E-state index in [4.69, 9.17) is 9.47 Å². The summed E-state index contributed by atoms with van der Waals surface area (Å²) in [7, 11) is 0. The lowest BCUT2D eigenvalue weighted by Gasteiger charge is -2.05. The van der Waals surface area contributed by atoms with Crippen LogP contribution in [0.15, 0.2) is 30.3 Å². The minimum absolute atomic E-state index is 0.208. The fourth-order valence-electron chi connectivity index (χ4n) is 1.30. The van der Waals surface area contributed by atoms with Gasteiger partial charge < -0.3 is 9.47 Å². The molecule has 3 nitrogen and oxygen atoms in total. The fraction of sp³-hybridized carbons (Fsp3) is 0.462. The normalized spacial score (nSPS) is 9.81. The Hall–Kier alpha value is -1.51. The van der Waals surface area contributed by atoms with E-state index in [2.05, 4.69) is 0 Å². The second kappa shape index (κ2) is 7.74. The Morgan fingerprint density at radius 3 is 2.44 bits per heavy atom. The number of rotatable bonds is 7. The molecule has 0 heterocycles. The predicted molar refractivity (Wildman–Crippen MR) is 62.4 cm³/mol. The Bertz CT molecular complexity index is 295. The largest absolute Gasteiger partial charge is 0.494 e. The molecule has 1 aromatic carbocycles. The van der Waals surface area contributed by atoms with Crippen molar-refractivity contribution in [3.63, 3.8) is 0 Å². The van der Waals surface area contributed by atoms with E-state index in [1.807, 2.05) is 30.3 Å². The number of carbonyl (C=O) groups excluding carboxylic acids is 1. The van der Waals surface area contributed by atoms with Crippen molar-refractivity contribution in [3.8, 4) is 5.75 Å². The van der Waals surface area contributed by atoms with E-state index in [0.717, 1.165) is 25.0 Å².